The van der Waals surface area contributed by atoms with E-state index in [0.29, 0.717) is 17.7 Å². The van der Waals surface area contributed by atoms with Gasteiger partial charge >= 0.3 is 0 Å². The van der Waals surface area contributed by atoms with Crippen molar-refractivity contribution in [1.29, 1.82) is 0 Å². The Hall–Kier alpha value is -3.45. The summed E-state index contributed by atoms with van der Waals surface area (Å²) in [5.74, 6) is -0.294. The maximum absolute atomic E-state index is 12.9. The smallest absolute Gasteiger partial charge is 0.273 e. The Morgan fingerprint density at radius 3 is 2.61 bits per heavy atom. The molecule has 2 aromatic carbocycles. The van der Waals surface area contributed by atoms with Crippen molar-refractivity contribution in [2.75, 3.05) is 13.1 Å². The zero-order valence-corrected chi connectivity index (χ0v) is 17.7. The van der Waals surface area contributed by atoms with Crippen molar-refractivity contribution < 1.29 is 9.72 Å². The Labute approximate surface area is 181 Å². The molecule has 0 aliphatic carbocycles. The zero-order chi connectivity index (χ0) is 22.0. The molecular formula is C24H26N4O3. The summed E-state index contributed by atoms with van der Waals surface area (Å²) in [4.78, 5) is 26.1. The van der Waals surface area contributed by atoms with E-state index in [4.69, 9.17) is 0 Å². The lowest BCUT2D eigenvalue weighted by atomic mass is 9.97. The third-order valence-electron chi connectivity index (χ3n) is 6.13. The van der Waals surface area contributed by atoms with Crippen LogP contribution in [0.2, 0.25) is 0 Å². The average molecular weight is 418 g/mol. The Bertz CT molecular complexity index is 1120. The minimum atomic E-state index is -0.454. The summed E-state index contributed by atoms with van der Waals surface area (Å²) in [6.45, 7) is 3.75. The number of aryl methyl sites for hydroxylation is 1. The van der Waals surface area contributed by atoms with Gasteiger partial charge in [-0.3, -0.25) is 19.8 Å². The van der Waals surface area contributed by atoms with Crippen LogP contribution in [-0.2, 0) is 20.0 Å². The standard InChI is InChI=1S/C24H26N4O3/c1-17-20(9-5-10-21(17)28(30)31)24(29)25-15-23(22-11-6-13-26(22)2)27-14-12-18-7-3-4-8-19(18)16-27/h3-11,13,23H,12,14-16H2,1-2H3,(H,25,29). The summed E-state index contributed by atoms with van der Waals surface area (Å²) in [6.07, 6.45) is 2.97. The largest absolute Gasteiger partial charge is 0.353 e. The number of hydrogen-bond donors (Lipinski definition) is 1. The number of rotatable bonds is 6. The van der Waals surface area contributed by atoms with Crippen LogP contribution in [0.5, 0.6) is 0 Å². The highest BCUT2D eigenvalue weighted by Crippen LogP contribution is 2.28. The van der Waals surface area contributed by atoms with Gasteiger partial charge in [0.2, 0.25) is 0 Å². The minimum absolute atomic E-state index is 0.00342. The molecule has 2 heterocycles. The number of carbonyl (C=O) groups excluding carboxylic acids is 1. The number of nitro benzene ring substituents is 1. The molecule has 7 heteroatoms. The van der Waals surface area contributed by atoms with E-state index in [2.05, 4.69) is 45.1 Å². The van der Waals surface area contributed by atoms with Gasteiger partial charge in [-0.25, -0.2) is 0 Å². The molecule has 0 bridgehead atoms. The minimum Gasteiger partial charge on any atom is -0.353 e. The molecule has 0 radical (unpaired) electrons. The van der Waals surface area contributed by atoms with Gasteiger partial charge in [0.25, 0.3) is 11.6 Å². The number of nitrogens with one attached hydrogen (secondary N) is 1. The molecule has 160 valence electrons. The maximum atomic E-state index is 12.9. The summed E-state index contributed by atoms with van der Waals surface area (Å²) >= 11 is 0. The van der Waals surface area contributed by atoms with Crippen LogP contribution < -0.4 is 5.32 Å². The molecule has 1 aliphatic heterocycles. The van der Waals surface area contributed by atoms with Gasteiger partial charge < -0.3 is 9.88 Å². The number of amides is 1. The van der Waals surface area contributed by atoms with E-state index in [9.17, 15) is 14.9 Å². The van der Waals surface area contributed by atoms with Crippen LogP contribution in [0.4, 0.5) is 5.69 Å². The summed E-state index contributed by atoms with van der Waals surface area (Å²) in [7, 11) is 2.01. The third kappa shape index (κ3) is 4.22. The zero-order valence-electron chi connectivity index (χ0n) is 17.7. The first-order valence-corrected chi connectivity index (χ1v) is 10.4. The second kappa shape index (κ2) is 8.73. The number of fused-ring (bicyclic) bond motifs is 1. The van der Waals surface area contributed by atoms with Gasteiger partial charge in [-0.05, 0) is 42.7 Å². The molecule has 4 rings (SSSR count). The van der Waals surface area contributed by atoms with E-state index < -0.39 is 4.92 Å². The Kier molecular flexibility index (Phi) is 5.86. The summed E-state index contributed by atoms with van der Waals surface area (Å²) in [5.41, 5.74) is 4.49. The maximum Gasteiger partial charge on any atom is 0.273 e. The van der Waals surface area contributed by atoms with Crippen LogP contribution in [0.15, 0.2) is 60.8 Å². The molecule has 3 aromatic rings. The number of aromatic nitrogens is 1. The number of hydrogen-bond acceptors (Lipinski definition) is 4. The number of carbonyl (C=O) groups is 1. The predicted octanol–water partition coefficient (Wildman–Crippen LogP) is 3.77. The highest BCUT2D eigenvalue weighted by molar-refractivity contribution is 5.96. The van der Waals surface area contributed by atoms with Crippen molar-refractivity contribution >= 4 is 11.6 Å². The summed E-state index contributed by atoms with van der Waals surface area (Å²) in [5, 5.41) is 14.3. The van der Waals surface area contributed by atoms with Gasteiger partial charge in [-0.1, -0.05) is 30.3 Å². The Morgan fingerprint density at radius 1 is 1.13 bits per heavy atom. The van der Waals surface area contributed by atoms with Crippen LogP contribution in [-0.4, -0.2) is 33.4 Å². The van der Waals surface area contributed by atoms with Crippen molar-refractivity contribution in [3.8, 4) is 0 Å². The number of benzene rings is 2. The monoisotopic (exact) mass is 418 g/mol. The van der Waals surface area contributed by atoms with Crippen LogP contribution in [0.3, 0.4) is 0 Å². The molecule has 1 aromatic heterocycles. The third-order valence-corrected chi connectivity index (χ3v) is 6.13. The second-order valence-corrected chi connectivity index (χ2v) is 7.97. The SMILES string of the molecule is Cc1c(C(=O)NCC(c2cccn2C)N2CCc3ccccc3C2)cccc1[N+](=O)[O-]. The lowest BCUT2D eigenvalue weighted by molar-refractivity contribution is -0.385. The van der Waals surface area contributed by atoms with Crippen LogP contribution in [0.25, 0.3) is 0 Å². The summed E-state index contributed by atoms with van der Waals surface area (Å²) < 4.78 is 2.08. The topological polar surface area (TPSA) is 80.4 Å². The fourth-order valence-electron chi connectivity index (χ4n) is 4.38. The summed E-state index contributed by atoms with van der Waals surface area (Å²) in [6, 6.07) is 17.2. The van der Waals surface area contributed by atoms with Crippen molar-refractivity contribution in [3.05, 3.63) is 98.9 Å². The van der Waals surface area contributed by atoms with Gasteiger partial charge in [0.05, 0.1) is 11.0 Å². The van der Waals surface area contributed by atoms with E-state index >= 15 is 0 Å². The Balaban J connectivity index is 1.56. The first kappa shape index (κ1) is 20.8. The van der Waals surface area contributed by atoms with Gasteiger partial charge in [0.1, 0.15) is 0 Å². The van der Waals surface area contributed by atoms with Crippen molar-refractivity contribution in [1.82, 2.24) is 14.8 Å². The van der Waals surface area contributed by atoms with E-state index in [-0.39, 0.29) is 17.6 Å². The highest BCUT2D eigenvalue weighted by Gasteiger charge is 2.27. The molecule has 1 atom stereocenters. The quantitative estimate of drug-likeness (QED) is 0.488. The number of nitrogens with zero attached hydrogens (tertiary/aromatic N) is 3. The van der Waals surface area contributed by atoms with Crippen LogP contribution in [0.1, 0.15) is 38.8 Å². The molecule has 0 saturated heterocycles. The van der Waals surface area contributed by atoms with E-state index in [0.717, 1.165) is 25.2 Å². The first-order valence-electron chi connectivity index (χ1n) is 10.4. The van der Waals surface area contributed by atoms with Crippen molar-refractivity contribution in [2.45, 2.75) is 25.9 Å². The fraction of sp³-hybridized carbons (Fsp3) is 0.292. The lowest BCUT2D eigenvalue weighted by Gasteiger charge is -2.36. The molecule has 31 heavy (non-hydrogen) atoms. The number of nitro groups is 1. The van der Waals surface area contributed by atoms with E-state index in [1.807, 2.05) is 19.3 Å². The van der Waals surface area contributed by atoms with Crippen LogP contribution >= 0.6 is 0 Å². The first-order chi connectivity index (χ1) is 15.0. The fourth-order valence-corrected chi connectivity index (χ4v) is 4.38. The molecule has 0 saturated carbocycles. The molecule has 1 unspecified atom stereocenters. The highest BCUT2D eigenvalue weighted by atomic mass is 16.6. The normalized spacial score (nSPS) is 14.6. The molecule has 0 spiro atoms. The second-order valence-electron chi connectivity index (χ2n) is 7.97. The van der Waals surface area contributed by atoms with Crippen molar-refractivity contribution in [3.63, 3.8) is 0 Å². The molecule has 7 nitrogen and oxygen atoms in total. The average Bonchev–Trinajstić information content (AvgIpc) is 3.19. The van der Waals surface area contributed by atoms with Gasteiger partial charge in [0.15, 0.2) is 0 Å². The van der Waals surface area contributed by atoms with Crippen molar-refractivity contribution in [2.24, 2.45) is 7.05 Å². The van der Waals surface area contributed by atoms with E-state index in [1.54, 1.807) is 19.1 Å². The molecule has 1 amide bonds. The van der Waals surface area contributed by atoms with Gasteiger partial charge in [0, 0.05) is 55.8 Å². The molecule has 1 aliphatic rings. The van der Waals surface area contributed by atoms with Crippen LogP contribution in [0, 0.1) is 17.0 Å². The van der Waals surface area contributed by atoms with Gasteiger partial charge in [-0.15, -0.1) is 0 Å². The molecular weight excluding hydrogens is 392 g/mol. The molecule has 1 N–H and O–H groups in total. The lowest BCUT2D eigenvalue weighted by Crippen LogP contribution is -2.41. The van der Waals surface area contributed by atoms with E-state index in [1.165, 1.54) is 17.2 Å². The van der Waals surface area contributed by atoms with Gasteiger partial charge in [-0.2, -0.15) is 0 Å². The molecule has 0 fully saturated rings. The Morgan fingerprint density at radius 2 is 1.90 bits per heavy atom. The predicted molar refractivity (Wildman–Crippen MR) is 119 cm³/mol.